The van der Waals surface area contributed by atoms with E-state index in [-0.39, 0.29) is 5.91 Å². The molecule has 0 atom stereocenters. The number of nitrogens with one attached hydrogen (secondary N) is 1. The summed E-state index contributed by atoms with van der Waals surface area (Å²) in [6, 6.07) is 11.6. The Hall–Kier alpha value is -2.40. The van der Waals surface area contributed by atoms with Crippen LogP contribution in [-0.2, 0) is 5.54 Å². The fourth-order valence-corrected chi connectivity index (χ4v) is 4.01. The van der Waals surface area contributed by atoms with Crippen LogP contribution in [0.15, 0.2) is 36.5 Å². The van der Waals surface area contributed by atoms with Crippen molar-refractivity contribution >= 4 is 39.7 Å². The molecule has 3 heterocycles. The number of nitrogens with zero attached hydrogens (tertiary/aromatic N) is 3. The molecular formula is C18H13IN4O. The monoisotopic (exact) mass is 428 g/mol. The maximum absolute atomic E-state index is 12.0. The van der Waals surface area contributed by atoms with E-state index in [2.05, 4.69) is 34.3 Å². The zero-order valence-corrected chi connectivity index (χ0v) is 15.2. The highest BCUT2D eigenvalue weighted by molar-refractivity contribution is 14.1. The average Bonchev–Trinajstić information content (AvgIpc) is 3.02. The van der Waals surface area contributed by atoms with Crippen LogP contribution in [0.4, 0.5) is 0 Å². The number of para-hydroxylation sites is 1. The molecule has 1 aliphatic rings. The van der Waals surface area contributed by atoms with Gasteiger partial charge in [-0.3, -0.25) is 7.58 Å². The van der Waals surface area contributed by atoms with Gasteiger partial charge in [-0.15, -0.1) is 0 Å². The molecule has 1 N–H and O–H groups in total. The van der Waals surface area contributed by atoms with Gasteiger partial charge in [0.15, 0.2) is 0 Å². The number of fused-ring (bicyclic) bond motifs is 2. The van der Waals surface area contributed by atoms with Crippen molar-refractivity contribution in [1.29, 1.82) is 5.26 Å². The summed E-state index contributed by atoms with van der Waals surface area (Å²) >= 11 is 2.17. The van der Waals surface area contributed by atoms with Gasteiger partial charge in [0.1, 0.15) is 6.07 Å². The van der Waals surface area contributed by atoms with E-state index in [1.165, 1.54) is 0 Å². The van der Waals surface area contributed by atoms with E-state index in [9.17, 15) is 10.1 Å². The highest BCUT2D eigenvalue weighted by Crippen LogP contribution is 2.35. The first-order chi connectivity index (χ1) is 11.4. The number of amides is 1. The first kappa shape index (κ1) is 15.1. The van der Waals surface area contributed by atoms with Gasteiger partial charge in [0.05, 0.1) is 56.4 Å². The zero-order valence-electron chi connectivity index (χ0n) is 13.1. The second-order valence-corrected chi connectivity index (χ2v) is 7.38. The molecule has 5 nitrogen and oxygen atoms in total. The minimum Gasteiger partial charge on any atom is -0.341 e. The van der Waals surface area contributed by atoms with Gasteiger partial charge in [-0.05, 0) is 32.0 Å². The van der Waals surface area contributed by atoms with Gasteiger partial charge < -0.3 is 5.32 Å². The third-order valence-electron chi connectivity index (χ3n) is 4.34. The summed E-state index contributed by atoms with van der Waals surface area (Å²) in [5.74, 6) is -0.0860. The normalized spacial score (nSPS) is 15.2. The topological polar surface area (TPSA) is 70.7 Å². The predicted octanol–water partition coefficient (Wildman–Crippen LogP) is 3.75. The van der Waals surface area contributed by atoms with Crippen molar-refractivity contribution in [2.45, 2.75) is 19.4 Å². The Kier molecular flexibility index (Phi) is 3.18. The molecule has 6 heteroatoms. The Balaban J connectivity index is 1.98. The maximum Gasteiger partial charge on any atom is 0.253 e. The zero-order chi connectivity index (χ0) is 17.1. The van der Waals surface area contributed by atoms with E-state index < -0.39 is 5.54 Å². The number of hydrogen-bond acceptors (Lipinski definition) is 3. The van der Waals surface area contributed by atoms with E-state index >= 15 is 0 Å². The molecule has 0 radical (unpaired) electrons. The van der Waals surface area contributed by atoms with Crippen LogP contribution >= 0.6 is 22.9 Å². The molecule has 0 unspecified atom stereocenters. The Labute approximate surface area is 152 Å². The van der Waals surface area contributed by atoms with Crippen molar-refractivity contribution in [3.05, 3.63) is 53.3 Å². The number of rotatable bonds is 1. The lowest BCUT2D eigenvalue weighted by Crippen LogP contribution is -2.33. The van der Waals surface area contributed by atoms with Crippen molar-refractivity contribution in [2.75, 3.05) is 0 Å². The quantitative estimate of drug-likeness (QED) is 0.601. The Bertz CT molecular complexity index is 1060. The van der Waals surface area contributed by atoms with Crippen molar-refractivity contribution in [3.63, 3.8) is 0 Å². The number of halogens is 1. The van der Waals surface area contributed by atoms with Gasteiger partial charge in [0, 0.05) is 17.1 Å². The number of pyridine rings is 1. The van der Waals surface area contributed by atoms with Crippen LogP contribution in [0, 0.1) is 11.3 Å². The van der Waals surface area contributed by atoms with E-state index in [1.807, 2.05) is 53.2 Å². The summed E-state index contributed by atoms with van der Waals surface area (Å²) in [6.07, 6.45) is 1.97. The highest BCUT2D eigenvalue weighted by atomic mass is 127. The Morgan fingerprint density at radius 1 is 1.25 bits per heavy atom. The summed E-state index contributed by atoms with van der Waals surface area (Å²) in [4.78, 5) is 16.8. The standard InChI is InChI=1S/C18H13IN4O/c1-18(2)16-12(17(24)22-18)6-7-14(21-16)13-9-23(19)15-10(8-20)4-3-5-11(13)15/h3-7,9H,1-2H3,(H,22,24). The largest absolute Gasteiger partial charge is 0.341 e. The molecule has 0 saturated carbocycles. The van der Waals surface area contributed by atoms with Crippen LogP contribution in [-0.4, -0.2) is 13.7 Å². The van der Waals surface area contributed by atoms with E-state index in [4.69, 9.17) is 4.98 Å². The molecule has 118 valence electrons. The van der Waals surface area contributed by atoms with Gasteiger partial charge in [-0.25, -0.2) is 4.98 Å². The van der Waals surface area contributed by atoms with Gasteiger partial charge in [-0.2, -0.15) is 5.26 Å². The number of hydrogen-bond donors (Lipinski definition) is 1. The molecule has 0 spiro atoms. The van der Waals surface area contributed by atoms with Gasteiger partial charge in [0.25, 0.3) is 5.91 Å². The van der Waals surface area contributed by atoms with Gasteiger partial charge >= 0.3 is 0 Å². The SMILES string of the molecule is CC1(C)NC(=O)c2ccc(-c3cn(I)c4c(C#N)cccc34)nc21. The molecule has 3 aromatic rings. The van der Waals surface area contributed by atoms with Crippen LogP contribution < -0.4 is 5.32 Å². The molecule has 24 heavy (non-hydrogen) atoms. The van der Waals surface area contributed by atoms with Crippen molar-refractivity contribution in [2.24, 2.45) is 0 Å². The molecular weight excluding hydrogens is 415 g/mol. The summed E-state index contributed by atoms with van der Waals surface area (Å²) in [6.45, 7) is 3.89. The molecule has 1 aromatic carbocycles. The van der Waals surface area contributed by atoms with Crippen molar-refractivity contribution in [1.82, 2.24) is 13.1 Å². The molecule has 0 saturated heterocycles. The average molecular weight is 428 g/mol. The van der Waals surface area contributed by atoms with Gasteiger partial charge in [-0.1, -0.05) is 12.1 Å². The summed E-state index contributed by atoms with van der Waals surface area (Å²) in [5.41, 5.74) is 4.17. The van der Waals surface area contributed by atoms with Crippen LogP contribution in [0.5, 0.6) is 0 Å². The number of benzene rings is 1. The third-order valence-corrected chi connectivity index (χ3v) is 5.10. The fraction of sp³-hybridized carbons (Fsp3) is 0.167. The predicted molar refractivity (Wildman–Crippen MR) is 99.8 cm³/mol. The molecule has 0 bridgehead atoms. The smallest absolute Gasteiger partial charge is 0.253 e. The maximum atomic E-state index is 12.0. The van der Waals surface area contributed by atoms with Gasteiger partial charge in [0.2, 0.25) is 0 Å². The lowest BCUT2D eigenvalue weighted by molar-refractivity contribution is 0.0940. The minimum absolute atomic E-state index is 0.0860. The van der Waals surface area contributed by atoms with Crippen molar-refractivity contribution < 1.29 is 4.79 Å². The number of carbonyl (C=O) groups is 1. The molecule has 4 rings (SSSR count). The third kappa shape index (κ3) is 2.04. The molecule has 0 aliphatic carbocycles. The highest BCUT2D eigenvalue weighted by Gasteiger charge is 2.36. The van der Waals surface area contributed by atoms with Crippen LogP contribution in [0.3, 0.4) is 0 Å². The van der Waals surface area contributed by atoms with E-state index in [0.29, 0.717) is 11.1 Å². The Morgan fingerprint density at radius 2 is 2.04 bits per heavy atom. The number of carbonyl (C=O) groups excluding carboxylic acids is 1. The van der Waals surface area contributed by atoms with Crippen LogP contribution in [0.25, 0.3) is 22.2 Å². The summed E-state index contributed by atoms with van der Waals surface area (Å²) in [5, 5.41) is 13.3. The van der Waals surface area contributed by atoms with Crippen LogP contribution in [0.1, 0.15) is 35.5 Å². The van der Waals surface area contributed by atoms with E-state index in [1.54, 1.807) is 0 Å². The molecule has 2 aromatic heterocycles. The lowest BCUT2D eigenvalue weighted by Gasteiger charge is -2.18. The van der Waals surface area contributed by atoms with Crippen molar-refractivity contribution in [3.8, 4) is 17.3 Å². The first-order valence-corrected chi connectivity index (χ1v) is 8.43. The van der Waals surface area contributed by atoms with E-state index in [0.717, 1.165) is 27.9 Å². The number of aromatic nitrogens is 2. The summed E-state index contributed by atoms with van der Waals surface area (Å²) in [7, 11) is 0. The summed E-state index contributed by atoms with van der Waals surface area (Å²) < 4.78 is 1.92. The fourth-order valence-electron chi connectivity index (χ4n) is 3.21. The molecule has 1 amide bonds. The Morgan fingerprint density at radius 3 is 2.79 bits per heavy atom. The minimum atomic E-state index is -0.483. The first-order valence-electron chi connectivity index (χ1n) is 7.47. The molecule has 1 aliphatic heterocycles. The molecule has 0 fully saturated rings. The second kappa shape index (κ2) is 5.05. The number of nitriles is 1. The van der Waals surface area contributed by atoms with Crippen LogP contribution in [0.2, 0.25) is 0 Å². The lowest BCUT2D eigenvalue weighted by atomic mass is 9.99. The second-order valence-electron chi connectivity index (χ2n) is 6.34.